The molecule has 1 aliphatic rings. The fourth-order valence-corrected chi connectivity index (χ4v) is 4.65. The van der Waals surface area contributed by atoms with Crippen LogP contribution in [0.4, 0.5) is 13.2 Å². The molecular weight excluding hydrogens is 517 g/mol. The van der Waals surface area contributed by atoms with E-state index in [2.05, 4.69) is 10.4 Å². The Morgan fingerprint density at radius 1 is 1.05 bits per heavy atom. The van der Waals surface area contributed by atoms with Crippen LogP contribution in [-0.4, -0.2) is 45.6 Å². The van der Waals surface area contributed by atoms with E-state index in [4.69, 9.17) is 11.6 Å². The van der Waals surface area contributed by atoms with Crippen LogP contribution >= 0.6 is 11.6 Å². The first-order valence-corrected chi connectivity index (χ1v) is 12.8. The lowest BCUT2D eigenvalue weighted by Crippen LogP contribution is -2.47. The van der Waals surface area contributed by atoms with Gasteiger partial charge >= 0.3 is 6.18 Å². The molecule has 3 aromatic rings. The molecular formula is C28H32ClF3N4O2. The van der Waals surface area contributed by atoms with E-state index in [9.17, 15) is 22.8 Å². The van der Waals surface area contributed by atoms with Gasteiger partial charge in [0.25, 0.3) is 5.91 Å². The van der Waals surface area contributed by atoms with Crippen LogP contribution in [0.15, 0.2) is 54.6 Å². The first-order chi connectivity index (χ1) is 17.8. The van der Waals surface area contributed by atoms with Crippen molar-refractivity contribution in [1.29, 1.82) is 0 Å². The van der Waals surface area contributed by atoms with Gasteiger partial charge < -0.3 is 10.2 Å². The topological polar surface area (TPSA) is 67.2 Å². The van der Waals surface area contributed by atoms with Gasteiger partial charge in [0.05, 0.1) is 16.4 Å². The van der Waals surface area contributed by atoms with Crippen LogP contribution in [0.1, 0.15) is 57.5 Å². The van der Waals surface area contributed by atoms with Crippen molar-refractivity contribution in [2.24, 2.45) is 5.41 Å². The van der Waals surface area contributed by atoms with Gasteiger partial charge in [-0.1, -0.05) is 56.6 Å². The number of nitrogens with zero attached hydrogens (tertiary/aromatic N) is 3. The molecule has 0 aliphatic carbocycles. The molecule has 2 heterocycles. The van der Waals surface area contributed by atoms with Gasteiger partial charge in [-0.2, -0.15) is 18.3 Å². The van der Waals surface area contributed by atoms with Crippen molar-refractivity contribution in [2.45, 2.75) is 52.3 Å². The molecule has 1 aliphatic heterocycles. The number of carbonyl (C=O) groups is 2. The maximum absolute atomic E-state index is 13.5. The first-order valence-electron chi connectivity index (χ1n) is 12.4. The maximum atomic E-state index is 13.5. The summed E-state index contributed by atoms with van der Waals surface area (Å²) >= 11 is 6.24. The summed E-state index contributed by atoms with van der Waals surface area (Å²) in [5.41, 5.74) is 0.239. The number of likely N-dealkylation sites (tertiary alicyclic amines) is 1. The quantitative estimate of drug-likeness (QED) is 0.390. The normalized spacial score (nSPS) is 15.0. The number of rotatable bonds is 5. The largest absolute Gasteiger partial charge is 0.435 e. The van der Waals surface area contributed by atoms with Crippen LogP contribution in [0.2, 0.25) is 5.02 Å². The molecule has 0 spiro atoms. The van der Waals surface area contributed by atoms with E-state index in [1.54, 1.807) is 48.5 Å². The number of piperidine rings is 1. The summed E-state index contributed by atoms with van der Waals surface area (Å²) in [6.45, 7) is 7.27. The molecule has 2 aromatic carbocycles. The van der Waals surface area contributed by atoms with Gasteiger partial charge in [-0.05, 0) is 48.6 Å². The van der Waals surface area contributed by atoms with Crippen molar-refractivity contribution in [3.05, 3.63) is 70.9 Å². The molecule has 1 N–H and O–H groups in total. The number of nitrogens with one attached hydrogen (secondary N) is 1. The minimum Gasteiger partial charge on any atom is -0.349 e. The van der Waals surface area contributed by atoms with E-state index in [1.165, 1.54) is 0 Å². The molecule has 1 aromatic heterocycles. The number of benzene rings is 2. The van der Waals surface area contributed by atoms with Crippen molar-refractivity contribution in [3.8, 4) is 16.9 Å². The predicted octanol–water partition coefficient (Wildman–Crippen LogP) is 6.61. The van der Waals surface area contributed by atoms with Crippen LogP contribution in [0, 0.1) is 5.41 Å². The fraction of sp³-hybridized carbons (Fsp3) is 0.393. The number of alkyl halides is 3. The van der Waals surface area contributed by atoms with E-state index in [1.807, 2.05) is 25.7 Å². The SMILES string of the molecule is CC(C)(C)CC(=O)N1CCC(NC(=O)c2ccc(-c3cc(C(F)(F)F)nn3-c3ccccc3Cl)cc2)CC1.[HH]. The second-order valence-electron chi connectivity index (χ2n) is 10.7. The van der Waals surface area contributed by atoms with Gasteiger partial charge in [0.15, 0.2) is 5.69 Å². The minimum atomic E-state index is -4.63. The molecule has 4 rings (SSSR count). The Bertz CT molecular complexity index is 1310. The number of para-hydroxylation sites is 1. The van der Waals surface area contributed by atoms with Gasteiger partial charge in [-0.15, -0.1) is 0 Å². The number of hydrogen-bond donors (Lipinski definition) is 1. The highest BCUT2D eigenvalue weighted by Gasteiger charge is 2.35. The number of halogens is 4. The lowest BCUT2D eigenvalue weighted by Gasteiger charge is -2.34. The molecule has 2 amide bonds. The maximum Gasteiger partial charge on any atom is 0.435 e. The summed E-state index contributed by atoms with van der Waals surface area (Å²) in [6, 6.07) is 13.7. The third kappa shape index (κ3) is 6.56. The van der Waals surface area contributed by atoms with Crippen LogP contribution in [0.25, 0.3) is 16.9 Å². The predicted molar refractivity (Wildman–Crippen MR) is 142 cm³/mol. The molecule has 0 radical (unpaired) electrons. The molecule has 204 valence electrons. The second-order valence-corrected chi connectivity index (χ2v) is 11.1. The standard InChI is InChI=1S/C28H30ClF3N4O2.H2/c1-27(2,3)17-25(37)35-14-12-20(13-15-35)33-26(38)19-10-8-18(9-11-19)23-16-24(28(30,31)32)34-36(23)22-7-5-4-6-21(22)29;/h4-11,16,20H,12-15,17H2,1-3H3,(H,33,38);1H. The Morgan fingerprint density at radius 3 is 2.26 bits per heavy atom. The molecule has 38 heavy (non-hydrogen) atoms. The molecule has 0 unspecified atom stereocenters. The van der Waals surface area contributed by atoms with E-state index in [0.29, 0.717) is 49.2 Å². The van der Waals surface area contributed by atoms with E-state index < -0.39 is 11.9 Å². The van der Waals surface area contributed by atoms with Gasteiger partial charge in [0.2, 0.25) is 5.91 Å². The fourth-order valence-electron chi connectivity index (χ4n) is 4.43. The number of hydrogen-bond acceptors (Lipinski definition) is 3. The molecule has 0 saturated carbocycles. The molecule has 10 heteroatoms. The Hall–Kier alpha value is -3.33. The van der Waals surface area contributed by atoms with E-state index in [0.717, 1.165) is 10.7 Å². The third-order valence-electron chi connectivity index (χ3n) is 6.39. The second kappa shape index (κ2) is 10.8. The van der Waals surface area contributed by atoms with Gasteiger partial charge in [0.1, 0.15) is 0 Å². The van der Waals surface area contributed by atoms with Gasteiger partial charge in [-0.3, -0.25) is 9.59 Å². The molecule has 0 atom stereocenters. The highest BCUT2D eigenvalue weighted by Crippen LogP contribution is 2.34. The molecule has 0 bridgehead atoms. The average molecular weight is 549 g/mol. The number of aromatic nitrogens is 2. The summed E-state index contributed by atoms with van der Waals surface area (Å²) in [7, 11) is 0. The lowest BCUT2D eigenvalue weighted by molar-refractivity contribution is -0.141. The van der Waals surface area contributed by atoms with E-state index >= 15 is 0 Å². The van der Waals surface area contributed by atoms with Gasteiger partial charge in [0, 0.05) is 38.1 Å². The first kappa shape index (κ1) is 27.7. The van der Waals surface area contributed by atoms with E-state index in [-0.39, 0.29) is 35.4 Å². The van der Waals surface area contributed by atoms with Crippen LogP contribution in [-0.2, 0) is 11.0 Å². The summed E-state index contributed by atoms with van der Waals surface area (Å²) in [4.78, 5) is 27.2. The highest BCUT2D eigenvalue weighted by molar-refractivity contribution is 6.32. The zero-order valence-corrected chi connectivity index (χ0v) is 22.2. The lowest BCUT2D eigenvalue weighted by atomic mass is 9.91. The molecule has 6 nitrogen and oxygen atoms in total. The van der Waals surface area contributed by atoms with Crippen LogP contribution in [0.3, 0.4) is 0 Å². The van der Waals surface area contributed by atoms with Crippen molar-refractivity contribution in [1.82, 2.24) is 20.0 Å². The Kier molecular flexibility index (Phi) is 7.88. The Morgan fingerprint density at radius 2 is 1.68 bits per heavy atom. The highest BCUT2D eigenvalue weighted by atomic mass is 35.5. The molecule has 1 saturated heterocycles. The summed E-state index contributed by atoms with van der Waals surface area (Å²) in [6.07, 6.45) is -2.82. The van der Waals surface area contributed by atoms with Crippen LogP contribution < -0.4 is 5.32 Å². The van der Waals surface area contributed by atoms with Crippen molar-refractivity contribution in [2.75, 3.05) is 13.1 Å². The summed E-state index contributed by atoms with van der Waals surface area (Å²) < 4.78 is 41.6. The summed E-state index contributed by atoms with van der Waals surface area (Å²) in [5.74, 6) is -0.144. The zero-order valence-electron chi connectivity index (χ0n) is 21.5. The summed E-state index contributed by atoms with van der Waals surface area (Å²) in [5, 5.41) is 7.03. The minimum absolute atomic E-state index is 0. The third-order valence-corrected chi connectivity index (χ3v) is 6.71. The smallest absolute Gasteiger partial charge is 0.349 e. The van der Waals surface area contributed by atoms with Crippen molar-refractivity contribution < 1.29 is 24.2 Å². The number of amides is 2. The Balaban J connectivity index is 0.00000420. The molecule has 1 fully saturated rings. The van der Waals surface area contributed by atoms with Crippen molar-refractivity contribution >= 4 is 23.4 Å². The van der Waals surface area contributed by atoms with Gasteiger partial charge in [-0.25, -0.2) is 4.68 Å². The monoisotopic (exact) mass is 548 g/mol. The van der Waals surface area contributed by atoms with Crippen LogP contribution in [0.5, 0.6) is 0 Å². The number of carbonyl (C=O) groups excluding carboxylic acids is 2. The zero-order chi connectivity index (χ0) is 27.7. The average Bonchev–Trinajstić information content (AvgIpc) is 3.30. The van der Waals surface area contributed by atoms with Crippen molar-refractivity contribution in [3.63, 3.8) is 0 Å². The Labute approximate surface area is 226 Å².